The average Bonchev–Trinajstić information content (AvgIpc) is 2.96. The quantitative estimate of drug-likeness (QED) is 0.804. The Kier molecular flexibility index (Phi) is 6.14. The lowest BCUT2D eigenvalue weighted by Crippen LogP contribution is -2.34. The van der Waals surface area contributed by atoms with Crippen LogP contribution < -0.4 is 0 Å². The molecule has 0 radical (unpaired) electrons. The number of methoxy groups -OCH3 is 1. The zero-order chi connectivity index (χ0) is 17.5. The number of ether oxygens (including phenoxy) is 1. The number of furan rings is 1. The lowest BCUT2D eigenvalue weighted by Gasteiger charge is -2.22. The van der Waals surface area contributed by atoms with Gasteiger partial charge in [0, 0.05) is 13.7 Å². The molecule has 0 fully saturated rings. The number of nitrogens with zero attached hydrogens (tertiary/aromatic N) is 1. The lowest BCUT2D eigenvalue weighted by atomic mass is 10.0. The van der Waals surface area contributed by atoms with Crippen molar-refractivity contribution in [3.05, 3.63) is 59.0 Å². The van der Waals surface area contributed by atoms with Crippen LogP contribution in [0.3, 0.4) is 0 Å². The van der Waals surface area contributed by atoms with Crippen molar-refractivity contribution in [3.63, 3.8) is 0 Å². The van der Waals surface area contributed by atoms with Crippen LogP contribution in [0.15, 0.2) is 40.8 Å². The fourth-order valence-electron chi connectivity index (χ4n) is 2.41. The maximum absolute atomic E-state index is 12.6. The molecule has 6 nitrogen and oxygen atoms in total. The monoisotopic (exact) mass is 331 g/mol. The standard InChI is InChI=1S/C18H21NO5/c1-13-7-8-15(24-13)12-19(9-10-23-2)17(20)11-14-5-3-4-6-16(14)18(21)22/h3-8H,9-12H2,1-2H3,(H,21,22). The van der Waals surface area contributed by atoms with Gasteiger partial charge in [-0.05, 0) is 30.7 Å². The molecule has 1 aromatic carbocycles. The van der Waals surface area contributed by atoms with Crippen LogP contribution in [0.1, 0.15) is 27.4 Å². The SMILES string of the molecule is COCCN(Cc1ccc(C)o1)C(=O)Cc1ccccc1C(=O)O. The van der Waals surface area contributed by atoms with Gasteiger partial charge in [0.25, 0.3) is 0 Å². The van der Waals surface area contributed by atoms with Crippen molar-refractivity contribution in [1.82, 2.24) is 4.90 Å². The fraction of sp³-hybridized carbons (Fsp3) is 0.333. The molecule has 24 heavy (non-hydrogen) atoms. The summed E-state index contributed by atoms with van der Waals surface area (Å²) in [6, 6.07) is 10.2. The highest BCUT2D eigenvalue weighted by molar-refractivity contribution is 5.91. The number of carbonyl (C=O) groups is 2. The second-order valence-corrected chi connectivity index (χ2v) is 5.46. The molecule has 1 heterocycles. The topological polar surface area (TPSA) is 80.0 Å². The summed E-state index contributed by atoms with van der Waals surface area (Å²) < 4.78 is 10.6. The van der Waals surface area contributed by atoms with Crippen LogP contribution in [0.4, 0.5) is 0 Å². The normalized spacial score (nSPS) is 10.6. The Bertz CT molecular complexity index is 707. The number of carboxylic acids is 1. The first kappa shape index (κ1) is 17.7. The van der Waals surface area contributed by atoms with Crippen LogP contribution in [0.2, 0.25) is 0 Å². The van der Waals surface area contributed by atoms with Gasteiger partial charge >= 0.3 is 5.97 Å². The molecule has 1 amide bonds. The number of aromatic carboxylic acids is 1. The van der Waals surface area contributed by atoms with Gasteiger partial charge in [-0.1, -0.05) is 18.2 Å². The number of aryl methyl sites for hydroxylation is 1. The molecule has 0 aliphatic carbocycles. The van der Waals surface area contributed by atoms with E-state index in [9.17, 15) is 14.7 Å². The lowest BCUT2D eigenvalue weighted by molar-refractivity contribution is -0.132. The highest BCUT2D eigenvalue weighted by atomic mass is 16.5. The number of hydrogen-bond acceptors (Lipinski definition) is 4. The van der Waals surface area contributed by atoms with Crippen LogP contribution >= 0.6 is 0 Å². The summed E-state index contributed by atoms with van der Waals surface area (Å²) in [5.41, 5.74) is 0.638. The Hall–Kier alpha value is -2.60. The molecule has 0 aliphatic heterocycles. The van der Waals surface area contributed by atoms with Gasteiger partial charge in [-0.3, -0.25) is 4.79 Å². The first-order chi connectivity index (χ1) is 11.5. The Morgan fingerprint density at radius 3 is 2.58 bits per heavy atom. The van der Waals surface area contributed by atoms with E-state index < -0.39 is 5.97 Å². The largest absolute Gasteiger partial charge is 0.478 e. The summed E-state index contributed by atoms with van der Waals surface area (Å²) in [6.07, 6.45) is 0.0197. The van der Waals surface area contributed by atoms with Crippen LogP contribution in [0.5, 0.6) is 0 Å². The van der Waals surface area contributed by atoms with Crippen LogP contribution in [0.25, 0.3) is 0 Å². The highest BCUT2D eigenvalue weighted by Gasteiger charge is 2.19. The van der Waals surface area contributed by atoms with Gasteiger partial charge in [-0.2, -0.15) is 0 Å². The van der Waals surface area contributed by atoms with Crippen LogP contribution in [-0.2, 0) is 22.5 Å². The summed E-state index contributed by atoms with van der Waals surface area (Å²) in [4.78, 5) is 25.5. The third kappa shape index (κ3) is 4.70. The van der Waals surface area contributed by atoms with Gasteiger partial charge < -0.3 is 19.2 Å². The van der Waals surface area contributed by atoms with Gasteiger partial charge in [0.2, 0.25) is 5.91 Å². The molecular weight excluding hydrogens is 310 g/mol. The highest BCUT2D eigenvalue weighted by Crippen LogP contribution is 2.14. The van der Waals surface area contributed by atoms with Gasteiger partial charge in [0.1, 0.15) is 11.5 Å². The van der Waals surface area contributed by atoms with E-state index >= 15 is 0 Å². The van der Waals surface area contributed by atoms with Crippen molar-refractivity contribution in [2.45, 2.75) is 19.9 Å². The molecular formula is C18H21NO5. The predicted molar refractivity (Wildman–Crippen MR) is 87.8 cm³/mol. The molecule has 1 aromatic heterocycles. The number of amides is 1. The van der Waals surface area contributed by atoms with E-state index in [4.69, 9.17) is 9.15 Å². The first-order valence-electron chi connectivity index (χ1n) is 7.64. The van der Waals surface area contributed by atoms with E-state index in [0.717, 1.165) is 5.76 Å². The van der Waals surface area contributed by atoms with Gasteiger partial charge in [-0.25, -0.2) is 4.79 Å². The van der Waals surface area contributed by atoms with Crippen molar-refractivity contribution in [2.75, 3.05) is 20.3 Å². The third-order valence-corrected chi connectivity index (χ3v) is 3.65. The summed E-state index contributed by atoms with van der Waals surface area (Å²) >= 11 is 0. The summed E-state index contributed by atoms with van der Waals surface area (Å²) in [5.74, 6) is 0.252. The zero-order valence-electron chi connectivity index (χ0n) is 13.8. The molecule has 6 heteroatoms. The summed E-state index contributed by atoms with van der Waals surface area (Å²) in [5, 5.41) is 9.24. The minimum Gasteiger partial charge on any atom is -0.478 e. The Morgan fingerprint density at radius 2 is 1.96 bits per heavy atom. The minimum atomic E-state index is -1.04. The molecule has 0 aliphatic rings. The number of rotatable bonds is 8. The zero-order valence-corrected chi connectivity index (χ0v) is 13.8. The smallest absolute Gasteiger partial charge is 0.335 e. The first-order valence-corrected chi connectivity index (χ1v) is 7.64. The average molecular weight is 331 g/mol. The Balaban J connectivity index is 2.14. The van der Waals surface area contributed by atoms with E-state index in [1.807, 2.05) is 19.1 Å². The summed E-state index contributed by atoms with van der Waals surface area (Å²) in [6.45, 7) is 2.97. The van der Waals surface area contributed by atoms with Crippen molar-refractivity contribution in [3.8, 4) is 0 Å². The number of benzene rings is 1. The number of hydrogen-bond donors (Lipinski definition) is 1. The molecule has 2 rings (SSSR count). The molecule has 2 aromatic rings. The second kappa shape index (κ2) is 8.31. The van der Waals surface area contributed by atoms with Gasteiger partial charge in [-0.15, -0.1) is 0 Å². The van der Waals surface area contributed by atoms with E-state index in [0.29, 0.717) is 31.0 Å². The van der Waals surface area contributed by atoms with Crippen molar-refractivity contribution < 1.29 is 23.8 Å². The van der Waals surface area contributed by atoms with Crippen LogP contribution in [-0.4, -0.2) is 42.1 Å². The molecule has 0 saturated heterocycles. The molecule has 0 atom stereocenters. The Labute approximate surface area is 140 Å². The molecule has 0 bridgehead atoms. The maximum Gasteiger partial charge on any atom is 0.335 e. The summed E-state index contributed by atoms with van der Waals surface area (Å²) in [7, 11) is 1.57. The predicted octanol–water partition coefficient (Wildman–Crippen LogP) is 2.50. The maximum atomic E-state index is 12.6. The van der Waals surface area contributed by atoms with Crippen molar-refractivity contribution in [2.24, 2.45) is 0 Å². The van der Waals surface area contributed by atoms with Crippen LogP contribution in [0, 0.1) is 6.92 Å². The van der Waals surface area contributed by atoms with E-state index in [1.54, 1.807) is 30.2 Å². The minimum absolute atomic E-state index is 0.0197. The number of carbonyl (C=O) groups excluding carboxylic acids is 1. The molecule has 128 valence electrons. The van der Waals surface area contributed by atoms with Gasteiger partial charge in [0.05, 0.1) is 25.1 Å². The fourth-order valence-corrected chi connectivity index (χ4v) is 2.41. The third-order valence-electron chi connectivity index (χ3n) is 3.65. The number of carboxylic acid groups (broad SMARTS) is 1. The van der Waals surface area contributed by atoms with E-state index in [-0.39, 0.29) is 17.9 Å². The van der Waals surface area contributed by atoms with E-state index in [1.165, 1.54) is 6.07 Å². The second-order valence-electron chi connectivity index (χ2n) is 5.46. The molecule has 0 unspecified atom stereocenters. The molecule has 0 spiro atoms. The van der Waals surface area contributed by atoms with Crippen molar-refractivity contribution in [1.29, 1.82) is 0 Å². The molecule has 1 N–H and O–H groups in total. The Morgan fingerprint density at radius 1 is 1.21 bits per heavy atom. The molecule has 0 saturated carbocycles. The van der Waals surface area contributed by atoms with Gasteiger partial charge in [0.15, 0.2) is 0 Å². The van der Waals surface area contributed by atoms with Crippen molar-refractivity contribution >= 4 is 11.9 Å². The van der Waals surface area contributed by atoms with E-state index in [2.05, 4.69) is 0 Å².